The minimum absolute atomic E-state index is 0.748. The topological polar surface area (TPSA) is 108 Å². The fourth-order valence-corrected chi connectivity index (χ4v) is 4.31. The Morgan fingerprint density at radius 3 is 1.79 bits per heavy atom. The number of carbonyl (C=O) groups is 1. The highest BCUT2D eigenvalue weighted by Crippen LogP contribution is 2.18. The second-order valence-electron chi connectivity index (χ2n) is 9.49. The SMILES string of the molecule is CCCCCCCCCCCCCCCCCC1=NCC[N+]1(C)CCNC=O.COS(=O)(=O)[O-]. The first-order valence-electron chi connectivity index (χ1n) is 13.4. The minimum Gasteiger partial charge on any atom is -0.726 e. The van der Waals surface area contributed by atoms with Gasteiger partial charge in [-0.05, 0) is 6.42 Å². The van der Waals surface area contributed by atoms with Gasteiger partial charge in [-0.3, -0.25) is 13.5 Å². The van der Waals surface area contributed by atoms with Gasteiger partial charge in [0.05, 0.1) is 27.2 Å². The van der Waals surface area contributed by atoms with Gasteiger partial charge in [0, 0.05) is 6.42 Å². The molecule has 0 bridgehead atoms. The van der Waals surface area contributed by atoms with Gasteiger partial charge in [-0.25, -0.2) is 13.4 Å². The molecule has 0 fully saturated rings. The highest BCUT2D eigenvalue weighted by atomic mass is 32.3. The van der Waals surface area contributed by atoms with Crippen LogP contribution in [0.25, 0.3) is 0 Å². The average molecular weight is 506 g/mol. The van der Waals surface area contributed by atoms with Crippen molar-refractivity contribution >= 4 is 22.6 Å². The second-order valence-corrected chi connectivity index (χ2v) is 10.6. The number of hydrogen-bond acceptors (Lipinski definition) is 6. The van der Waals surface area contributed by atoms with E-state index in [1.807, 2.05) is 0 Å². The average Bonchev–Trinajstić information content (AvgIpc) is 3.16. The van der Waals surface area contributed by atoms with Crippen LogP contribution < -0.4 is 5.32 Å². The van der Waals surface area contributed by atoms with Crippen LogP contribution in [0.5, 0.6) is 0 Å². The molecule has 1 amide bonds. The molecule has 1 unspecified atom stereocenters. The minimum atomic E-state index is -4.41. The van der Waals surface area contributed by atoms with Crippen molar-refractivity contribution in [2.75, 3.05) is 40.3 Å². The summed E-state index contributed by atoms with van der Waals surface area (Å²) in [4.78, 5) is 15.2. The van der Waals surface area contributed by atoms with Crippen LogP contribution in [0.4, 0.5) is 0 Å². The van der Waals surface area contributed by atoms with Crippen molar-refractivity contribution in [3.05, 3.63) is 0 Å². The highest BCUT2D eigenvalue weighted by Gasteiger charge is 2.32. The highest BCUT2D eigenvalue weighted by molar-refractivity contribution is 7.80. The zero-order valence-corrected chi connectivity index (χ0v) is 22.9. The fraction of sp³-hybridized carbons (Fsp3) is 0.920. The van der Waals surface area contributed by atoms with Gasteiger partial charge >= 0.3 is 0 Å². The van der Waals surface area contributed by atoms with Crippen LogP contribution in [0.1, 0.15) is 110 Å². The molecule has 9 heteroatoms. The Balaban J connectivity index is 0.00000160. The number of nitrogens with zero attached hydrogens (tertiary/aromatic N) is 2. The molecular formula is C25H51N3O5S. The third-order valence-electron chi connectivity index (χ3n) is 6.55. The number of likely N-dealkylation sites (N-methyl/N-ethyl adjacent to an activating group) is 1. The third-order valence-corrected chi connectivity index (χ3v) is 6.96. The Kier molecular flexibility index (Phi) is 20.6. The number of hydrogen-bond donors (Lipinski definition) is 1. The molecule has 1 heterocycles. The number of aliphatic imine (C=N–C) groups is 1. The van der Waals surface area contributed by atoms with Gasteiger partial charge in [0.2, 0.25) is 16.8 Å². The number of amidine groups is 1. The van der Waals surface area contributed by atoms with Gasteiger partial charge in [-0.2, -0.15) is 0 Å². The molecule has 0 aromatic rings. The van der Waals surface area contributed by atoms with Gasteiger partial charge in [-0.1, -0.05) is 96.8 Å². The van der Waals surface area contributed by atoms with Crippen LogP contribution in [-0.2, 0) is 19.4 Å². The van der Waals surface area contributed by atoms with E-state index in [4.69, 9.17) is 4.99 Å². The number of amides is 1. The fourth-order valence-electron chi connectivity index (χ4n) is 4.31. The standard InChI is InChI=1S/C24H47N3O.CH4O4S/c1-3-4-5-6-7-8-9-10-11-12-13-14-15-16-17-18-24-26-20-22-27(24,2)21-19-25-23-28;1-5-6(2,3)4/h23H,3-22H2,1-2H3;1H3,(H,2,3,4). The summed E-state index contributed by atoms with van der Waals surface area (Å²) >= 11 is 0. The van der Waals surface area contributed by atoms with Crippen LogP contribution in [-0.4, -0.2) is 70.0 Å². The summed E-state index contributed by atoms with van der Waals surface area (Å²) < 4.78 is 32.0. The number of carbonyl (C=O) groups excluding carboxylic acids is 1. The monoisotopic (exact) mass is 505 g/mol. The quantitative estimate of drug-likeness (QED) is 0.0781. The van der Waals surface area contributed by atoms with E-state index < -0.39 is 10.4 Å². The predicted molar refractivity (Wildman–Crippen MR) is 139 cm³/mol. The van der Waals surface area contributed by atoms with E-state index in [1.165, 1.54) is 102 Å². The molecule has 0 saturated heterocycles. The van der Waals surface area contributed by atoms with Crippen molar-refractivity contribution in [2.45, 2.75) is 110 Å². The lowest BCUT2D eigenvalue weighted by Crippen LogP contribution is -2.50. The molecule has 202 valence electrons. The van der Waals surface area contributed by atoms with Crippen LogP contribution in [0.3, 0.4) is 0 Å². The smallest absolute Gasteiger partial charge is 0.217 e. The normalized spacial score (nSPS) is 17.7. The molecule has 0 radical (unpaired) electrons. The van der Waals surface area contributed by atoms with Gasteiger partial charge in [0.1, 0.15) is 13.1 Å². The second kappa shape index (κ2) is 21.3. The molecule has 0 aromatic carbocycles. The van der Waals surface area contributed by atoms with E-state index >= 15 is 0 Å². The Hall–Kier alpha value is -1.03. The maximum atomic E-state index is 10.4. The Labute approximate surface area is 209 Å². The number of unbranched alkanes of at least 4 members (excludes halogenated alkanes) is 14. The van der Waals surface area contributed by atoms with E-state index in [-0.39, 0.29) is 0 Å². The summed E-state index contributed by atoms with van der Waals surface area (Å²) in [6.45, 7) is 6.05. The van der Waals surface area contributed by atoms with Crippen LogP contribution in [0, 0.1) is 0 Å². The molecule has 1 N–H and O–H groups in total. The van der Waals surface area contributed by atoms with Crippen LogP contribution >= 0.6 is 0 Å². The van der Waals surface area contributed by atoms with Crippen molar-refractivity contribution in [3.8, 4) is 0 Å². The molecule has 1 aliphatic heterocycles. The van der Waals surface area contributed by atoms with Crippen molar-refractivity contribution < 1.29 is 26.4 Å². The summed E-state index contributed by atoms with van der Waals surface area (Å²) in [5, 5.41) is 2.79. The van der Waals surface area contributed by atoms with Gasteiger partial charge < -0.3 is 9.87 Å². The van der Waals surface area contributed by atoms with Crippen molar-refractivity contribution in [1.29, 1.82) is 0 Å². The Bertz CT molecular complexity index is 628. The van der Waals surface area contributed by atoms with E-state index in [0.29, 0.717) is 0 Å². The predicted octanol–water partition coefficient (Wildman–Crippen LogP) is 4.95. The first-order chi connectivity index (χ1) is 16.3. The molecule has 0 saturated carbocycles. The van der Waals surface area contributed by atoms with Gasteiger partial charge in [0.25, 0.3) is 0 Å². The molecule has 1 rings (SSSR count). The molecule has 0 spiro atoms. The van der Waals surface area contributed by atoms with Gasteiger partial charge in [0.15, 0.2) is 5.84 Å². The largest absolute Gasteiger partial charge is 0.726 e. The van der Waals surface area contributed by atoms with E-state index in [1.54, 1.807) is 0 Å². The molecule has 1 atom stereocenters. The van der Waals surface area contributed by atoms with Gasteiger partial charge in [-0.15, -0.1) is 0 Å². The third kappa shape index (κ3) is 19.3. The molecule has 0 aliphatic carbocycles. The number of nitrogens with one attached hydrogen (secondary N) is 1. The summed E-state index contributed by atoms with van der Waals surface area (Å²) in [5.41, 5.74) is 0. The number of rotatable bonds is 21. The van der Waals surface area contributed by atoms with Crippen molar-refractivity contribution in [2.24, 2.45) is 4.99 Å². The van der Waals surface area contributed by atoms with Crippen LogP contribution in [0.2, 0.25) is 0 Å². The Morgan fingerprint density at radius 1 is 0.941 bits per heavy atom. The molecule has 1 aliphatic rings. The molecule has 0 aromatic heterocycles. The zero-order valence-electron chi connectivity index (χ0n) is 22.1. The lowest BCUT2D eigenvalue weighted by Gasteiger charge is -2.30. The molecular weight excluding hydrogens is 454 g/mol. The molecule has 34 heavy (non-hydrogen) atoms. The zero-order chi connectivity index (χ0) is 25.5. The maximum absolute atomic E-state index is 10.4. The lowest BCUT2D eigenvalue weighted by atomic mass is 10.0. The number of quaternary nitrogens is 1. The van der Waals surface area contributed by atoms with Crippen molar-refractivity contribution in [3.63, 3.8) is 0 Å². The van der Waals surface area contributed by atoms with E-state index in [2.05, 4.69) is 23.5 Å². The van der Waals surface area contributed by atoms with E-state index in [9.17, 15) is 17.8 Å². The van der Waals surface area contributed by atoms with Crippen molar-refractivity contribution in [1.82, 2.24) is 5.32 Å². The Morgan fingerprint density at radius 2 is 1.38 bits per heavy atom. The summed E-state index contributed by atoms with van der Waals surface area (Å²) in [7, 11) is -1.34. The first kappa shape index (κ1) is 33.0. The summed E-state index contributed by atoms with van der Waals surface area (Å²) in [5.74, 6) is 1.35. The maximum Gasteiger partial charge on any atom is 0.217 e. The van der Waals surface area contributed by atoms with E-state index in [0.717, 1.165) is 50.6 Å². The summed E-state index contributed by atoms with van der Waals surface area (Å²) in [6, 6.07) is 0. The van der Waals surface area contributed by atoms with Crippen LogP contribution in [0.15, 0.2) is 4.99 Å². The summed E-state index contributed by atoms with van der Waals surface area (Å²) in [6.07, 6.45) is 23.1. The lowest BCUT2D eigenvalue weighted by molar-refractivity contribution is -0.814. The molecule has 8 nitrogen and oxygen atoms in total. The first-order valence-corrected chi connectivity index (χ1v) is 14.7.